The van der Waals surface area contributed by atoms with E-state index >= 15 is 0 Å². The predicted molar refractivity (Wildman–Crippen MR) is 68.1 cm³/mol. The van der Waals surface area contributed by atoms with Crippen LogP contribution < -0.4 is 5.73 Å². The largest absolute Gasteiger partial charge is 0.328 e. The Kier molecular flexibility index (Phi) is 3.97. The van der Waals surface area contributed by atoms with Gasteiger partial charge >= 0.3 is 0 Å². The lowest BCUT2D eigenvalue weighted by atomic mass is 9.92. The summed E-state index contributed by atoms with van der Waals surface area (Å²) in [6.07, 6.45) is 2.59. The zero-order chi connectivity index (χ0) is 11.4. The Hall–Kier alpha value is -0.860. The van der Waals surface area contributed by atoms with E-state index in [9.17, 15) is 0 Å². The molecule has 0 radical (unpaired) electrons. The maximum atomic E-state index is 6.00. The number of nitrogens with zero attached hydrogens (tertiary/aromatic N) is 1. The summed E-state index contributed by atoms with van der Waals surface area (Å²) in [7, 11) is 0. The minimum Gasteiger partial charge on any atom is -0.328 e. The molecule has 2 heteroatoms. The van der Waals surface area contributed by atoms with Crippen LogP contribution >= 0.6 is 0 Å². The molecule has 1 aliphatic heterocycles. The number of hydrogen-bond donors (Lipinski definition) is 1. The molecule has 1 saturated heterocycles. The molecule has 1 aromatic rings. The van der Waals surface area contributed by atoms with Crippen LogP contribution in [-0.4, -0.2) is 24.0 Å². The third-order valence-corrected chi connectivity index (χ3v) is 3.53. The predicted octanol–water partition coefficient (Wildman–Crippen LogP) is 2.25. The van der Waals surface area contributed by atoms with E-state index in [-0.39, 0.29) is 0 Å². The van der Waals surface area contributed by atoms with Gasteiger partial charge < -0.3 is 5.73 Å². The van der Waals surface area contributed by atoms with E-state index in [0.29, 0.717) is 12.0 Å². The zero-order valence-corrected chi connectivity index (χ0v) is 10.1. The molecule has 1 aromatic carbocycles. The maximum absolute atomic E-state index is 6.00. The number of piperidine rings is 1. The Balaban J connectivity index is 1.90. The van der Waals surface area contributed by atoms with Gasteiger partial charge in [0.1, 0.15) is 0 Å². The van der Waals surface area contributed by atoms with Gasteiger partial charge in [-0.05, 0) is 37.8 Å². The highest BCUT2D eigenvalue weighted by atomic mass is 15.1. The summed E-state index contributed by atoms with van der Waals surface area (Å²) >= 11 is 0. The van der Waals surface area contributed by atoms with Crippen LogP contribution in [0, 0.1) is 5.92 Å². The molecule has 0 amide bonds. The number of hydrogen-bond acceptors (Lipinski definition) is 2. The van der Waals surface area contributed by atoms with Gasteiger partial charge in [-0.25, -0.2) is 0 Å². The molecule has 1 fully saturated rings. The van der Waals surface area contributed by atoms with Gasteiger partial charge in [-0.2, -0.15) is 0 Å². The van der Waals surface area contributed by atoms with E-state index in [4.69, 9.17) is 5.73 Å². The lowest BCUT2D eigenvalue weighted by molar-refractivity contribution is 0.154. The molecule has 2 nitrogen and oxygen atoms in total. The van der Waals surface area contributed by atoms with Gasteiger partial charge in [0.15, 0.2) is 0 Å². The van der Waals surface area contributed by atoms with Crippen molar-refractivity contribution < 1.29 is 0 Å². The van der Waals surface area contributed by atoms with Crippen LogP contribution in [0.25, 0.3) is 0 Å². The molecule has 1 heterocycles. The molecule has 16 heavy (non-hydrogen) atoms. The molecule has 2 N–H and O–H groups in total. The molecule has 0 aliphatic carbocycles. The third kappa shape index (κ3) is 3.06. The normalized spacial score (nSPS) is 24.2. The van der Waals surface area contributed by atoms with Crippen LogP contribution in [0.3, 0.4) is 0 Å². The molecular weight excluding hydrogens is 196 g/mol. The van der Waals surface area contributed by atoms with Crippen molar-refractivity contribution in [1.29, 1.82) is 0 Å². The second-order valence-electron chi connectivity index (χ2n) is 4.98. The standard InChI is InChI=1S/C14H22N2/c1-12(15)14-8-5-9-16(11-14)10-13-6-3-2-4-7-13/h2-4,6-7,12,14H,5,8-11,15H2,1H3/t12-,14?/m0/s1. The molecule has 0 saturated carbocycles. The second-order valence-corrected chi connectivity index (χ2v) is 4.98. The van der Waals surface area contributed by atoms with E-state index in [0.717, 1.165) is 13.1 Å². The van der Waals surface area contributed by atoms with Gasteiger partial charge in [0.05, 0.1) is 0 Å². The molecule has 1 unspecified atom stereocenters. The minimum absolute atomic E-state index is 0.332. The van der Waals surface area contributed by atoms with Crippen molar-refractivity contribution in [1.82, 2.24) is 4.90 Å². The van der Waals surface area contributed by atoms with Gasteiger partial charge in [0.2, 0.25) is 0 Å². The topological polar surface area (TPSA) is 29.3 Å². The fourth-order valence-corrected chi connectivity index (χ4v) is 2.51. The summed E-state index contributed by atoms with van der Waals surface area (Å²) in [5, 5.41) is 0. The summed E-state index contributed by atoms with van der Waals surface area (Å²) in [4.78, 5) is 2.53. The molecule has 2 atom stereocenters. The van der Waals surface area contributed by atoms with Crippen LogP contribution in [0.1, 0.15) is 25.3 Å². The van der Waals surface area contributed by atoms with Crippen molar-refractivity contribution in [3.8, 4) is 0 Å². The quantitative estimate of drug-likeness (QED) is 0.843. The SMILES string of the molecule is C[C@H](N)C1CCCN(Cc2ccccc2)C1. The lowest BCUT2D eigenvalue weighted by Gasteiger charge is -2.34. The fraction of sp³-hybridized carbons (Fsp3) is 0.571. The van der Waals surface area contributed by atoms with Crippen LogP contribution in [0.4, 0.5) is 0 Å². The van der Waals surface area contributed by atoms with Gasteiger partial charge in [0.25, 0.3) is 0 Å². The number of likely N-dealkylation sites (tertiary alicyclic amines) is 1. The van der Waals surface area contributed by atoms with Crippen LogP contribution in [0.15, 0.2) is 30.3 Å². The third-order valence-electron chi connectivity index (χ3n) is 3.53. The first-order valence-electron chi connectivity index (χ1n) is 6.27. The van der Waals surface area contributed by atoms with Crippen molar-refractivity contribution in [2.75, 3.05) is 13.1 Å². The van der Waals surface area contributed by atoms with Crippen molar-refractivity contribution in [2.24, 2.45) is 11.7 Å². The highest BCUT2D eigenvalue weighted by molar-refractivity contribution is 5.14. The zero-order valence-electron chi connectivity index (χ0n) is 10.1. The average molecular weight is 218 g/mol. The van der Waals surface area contributed by atoms with Crippen LogP contribution in [0.2, 0.25) is 0 Å². The Labute approximate surface area is 98.4 Å². The molecule has 0 aromatic heterocycles. The molecule has 1 aliphatic rings. The van der Waals surface area contributed by atoms with Crippen molar-refractivity contribution in [2.45, 2.75) is 32.4 Å². The van der Waals surface area contributed by atoms with Gasteiger partial charge in [-0.1, -0.05) is 30.3 Å². The minimum atomic E-state index is 0.332. The fourth-order valence-electron chi connectivity index (χ4n) is 2.51. The number of benzene rings is 1. The van der Waals surface area contributed by atoms with Crippen molar-refractivity contribution in [3.63, 3.8) is 0 Å². The molecule has 0 bridgehead atoms. The van der Waals surface area contributed by atoms with Gasteiger partial charge in [0, 0.05) is 19.1 Å². The van der Waals surface area contributed by atoms with E-state index in [1.165, 1.54) is 24.9 Å². The Morgan fingerprint density at radius 2 is 2.12 bits per heavy atom. The first-order chi connectivity index (χ1) is 7.75. The Morgan fingerprint density at radius 3 is 2.81 bits per heavy atom. The summed E-state index contributed by atoms with van der Waals surface area (Å²) in [6, 6.07) is 11.0. The van der Waals surface area contributed by atoms with Crippen molar-refractivity contribution >= 4 is 0 Å². The lowest BCUT2D eigenvalue weighted by Crippen LogP contribution is -2.41. The van der Waals surface area contributed by atoms with E-state index in [1.807, 2.05) is 0 Å². The summed E-state index contributed by atoms with van der Waals surface area (Å²) in [5.74, 6) is 0.678. The molecule has 2 rings (SSSR count). The Morgan fingerprint density at radius 1 is 1.38 bits per heavy atom. The summed E-state index contributed by atoms with van der Waals surface area (Å²) in [5.41, 5.74) is 7.41. The summed E-state index contributed by atoms with van der Waals surface area (Å²) < 4.78 is 0. The first-order valence-corrected chi connectivity index (χ1v) is 6.27. The van der Waals surface area contributed by atoms with Crippen LogP contribution in [0.5, 0.6) is 0 Å². The number of rotatable bonds is 3. The maximum Gasteiger partial charge on any atom is 0.0233 e. The highest BCUT2D eigenvalue weighted by Gasteiger charge is 2.22. The molecular formula is C14H22N2. The first kappa shape index (κ1) is 11.6. The summed E-state index contributed by atoms with van der Waals surface area (Å²) in [6.45, 7) is 5.59. The smallest absolute Gasteiger partial charge is 0.0233 e. The monoisotopic (exact) mass is 218 g/mol. The van der Waals surface area contributed by atoms with Gasteiger partial charge in [-0.15, -0.1) is 0 Å². The van der Waals surface area contributed by atoms with E-state index in [1.54, 1.807) is 0 Å². The van der Waals surface area contributed by atoms with E-state index < -0.39 is 0 Å². The average Bonchev–Trinajstić information content (AvgIpc) is 2.30. The van der Waals surface area contributed by atoms with Crippen LogP contribution in [-0.2, 0) is 6.54 Å². The van der Waals surface area contributed by atoms with Crippen molar-refractivity contribution in [3.05, 3.63) is 35.9 Å². The number of nitrogens with two attached hydrogens (primary N) is 1. The molecule has 0 spiro atoms. The second kappa shape index (κ2) is 5.46. The Bertz CT molecular complexity index is 308. The van der Waals surface area contributed by atoms with E-state index in [2.05, 4.69) is 42.2 Å². The van der Waals surface area contributed by atoms with Gasteiger partial charge in [-0.3, -0.25) is 4.90 Å². The highest BCUT2D eigenvalue weighted by Crippen LogP contribution is 2.20. The molecule has 88 valence electrons.